The van der Waals surface area contributed by atoms with Crippen LogP contribution in [0.4, 0.5) is 0 Å². The molecule has 0 unspecified atom stereocenters. The Morgan fingerprint density at radius 3 is 3.06 bits per heavy atom. The second-order valence-corrected chi connectivity index (χ2v) is 4.07. The van der Waals surface area contributed by atoms with Gasteiger partial charge in [0, 0.05) is 5.02 Å². The van der Waals surface area contributed by atoms with Crippen LogP contribution in [-0.2, 0) is 0 Å². The molecule has 2 rings (SSSR count). The molecular formula is C11H14ClN3O. The molecule has 0 saturated heterocycles. The first kappa shape index (κ1) is 11.2. The number of nitrogens with zero attached hydrogens (tertiary/aromatic N) is 3. The molecule has 16 heavy (non-hydrogen) atoms. The first-order chi connectivity index (χ1) is 7.81. The van der Waals surface area contributed by atoms with Gasteiger partial charge in [-0.05, 0) is 29.8 Å². The second-order valence-electron chi connectivity index (χ2n) is 3.64. The van der Waals surface area contributed by atoms with E-state index < -0.39 is 0 Å². The summed E-state index contributed by atoms with van der Waals surface area (Å²) >= 11 is 5.86. The van der Waals surface area contributed by atoms with Crippen LogP contribution < -0.4 is 4.84 Å². The van der Waals surface area contributed by atoms with Crippen molar-refractivity contribution in [2.45, 2.75) is 26.2 Å². The van der Waals surface area contributed by atoms with E-state index in [1.165, 1.54) is 17.7 Å². The molecule has 0 radical (unpaired) electrons. The van der Waals surface area contributed by atoms with Crippen molar-refractivity contribution < 1.29 is 4.84 Å². The predicted molar refractivity (Wildman–Crippen MR) is 63.5 cm³/mol. The van der Waals surface area contributed by atoms with E-state index in [2.05, 4.69) is 17.2 Å². The number of aromatic nitrogens is 3. The lowest BCUT2D eigenvalue weighted by Crippen LogP contribution is -2.14. The van der Waals surface area contributed by atoms with Crippen LogP contribution in [0.1, 0.15) is 26.2 Å². The summed E-state index contributed by atoms with van der Waals surface area (Å²) in [6.07, 6.45) is 3.38. The Kier molecular flexibility index (Phi) is 3.62. The molecule has 0 amide bonds. The Balaban J connectivity index is 2.07. The van der Waals surface area contributed by atoms with Crippen molar-refractivity contribution in [2.75, 3.05) is 6.61 Å². The molecule has 0 aliphatic carbocycles. The molecule has 86 valence electrons. The van der Waals surface area contributed by atoms with Crippen molar-refractivity contribution in [3.63, 3.8) is 0 Å². The van der Waals surface area contributed by atoms with Crippen molar-refractivity contribution in [1.29, 1.82) is 0 Å². The highest BCUT2D eigenvalue weighted by Gasteiger charge is 2.05. The van der Waals surface area contributed by atoms with E-state index in [1.54, 1.807) is 12.1 Å². The van der Waals surface area contributed by atoms with Gasteiger partial charge in [-0.25, -0.2) is 0 Å². The number of halogens is 1. The van der Waals surface area contributed by atoms with Crippen LogP contribution in [0.25, 0.3) is 11.0 Å². The summed E-state index contributed by atoms with van der Waals surface area (Å²) in [5, 5.41) is 8.56. The molecule has 1 aromatic heterocycles. The van der Waals surface area contributed by atoms with Crippen molar-refractivity contribution in [3.8, 4) is 0 Å². The van der Waals surface area contributed by atoms with Crippen LogP contribution in [0.2, 0.25) is 5.02 Å². The zero-order valence-corrected chi connectivity index (χ0v) is 9.94. The quantitative estimate of drug-likeness (QED) is 0.754. The molecule has 5 heteroatoms. The average Bonchev–Trinajstić information content (AvgIpc) is 2.67. The first-order valence-corrected chi connectivity index (χ1v) is 5.83. The molecule has 2 aromatic rings. The van der Waals surface area contributed by atoms with E-state index in [-0.39, 0.29) is 0 Å². The zero-order chi connectivity index (χ0) is 11.4. The molecule has 4 nitrogen and oxygen atoms in total. The minimum atomic E-state index is 0.658. The van der Waals surface area contributed by atoms with Gasteiger partial charge < -0.3 is 4.84 Å². The number of fused-ring (bicyclic) bond motifs is 1. The monoisotopic (exact) mass is 239 g/mol. The summed E-state index contributed by atoms with van der Waals surface area (Å²) in [5.74, 6) is 0. The van der Waals surface area contributed by atoms with Gasteiger partial charge in [-0.3, -0.25) is 0 Å². The number of benzene rings is 1. The van der Waals surface area contributed by atoms with Gasteiger partial charge in [0.25, 0.3) is 0 Å². The molecule has 1 heterocycles. The van der Waals surface area contributed by atoms with Gasteiger partial charge in [0.15, 0.2) is 0 Å². The molecular weight excluding hydrogens is 226 g/mol. The third kappa shape index (κ3) is 2.44. The van der Waals surface area contributed by atoms with E-state index in [0.29, 0.717) is 11.6 Å². The third-order valence-corrected chi connectivity index (χ3v) is 2.57. The fourth-order valence-corrected chi connectivity index (χ4v) is 1.64. The summed E-state index contributed by atoms with van der Waals surface area (Å²) in [7, 11) is 0. The van der Waals surface area contributed by atoms with Crippen molar-refractivity contribution in [2.24, 2.45) is 0 Å². The molecule has 0 N–H and O–H groups in total. The summed E-state index contributed by atoms with van der Waals surface area (Å²) in [4.78, 5) is 6.96. The first-order valence-electron chi connectivity index (χ1n) is 5.45. The molecule has 0 aliphatic rings. The maximum atomic E-state index is 5.86. The van der Waals surface area contributed by atoms with Gasteiger partial charge >= 0.3 is 0 Å². The van der Waals surface area contributed by atoms with E-state index in [1.807, 2.05) is 6.07 Å². The third-order valence-electron chi connectivity index (χ3n) is 2.34. The lowest BCUT2D eigenvalue weighted by atomic mass is 10.3. The number of hydrogen-bond acceptors (Lipinski definition) is 3. The standard InChI is InChI=1S/C11H14ClN3O/c1-2-3-4-7-16-15-11-6-5-9(12)8-10(11)13-14-15/h5-6,8H,2-4,7H2,1H3. The van der Waals surface area contributed by atoms with Crippen molar-refractivity contribution >= 4 is 22.6 Å². The lowest BCUT2D eigenvalue weighted by molar-refractivity contribution is 0.0845. The second kappa shape index (κ2) is 5.16. The number of hydrogen-bond donors (Lipinski definition) is 0. The largest absolute Gasteiger partial charge is 0.395 e. The highest BCUT2D eigenvalue weighted by atomic mass is 35.5. The van der Waals surface area contributed by atoms with Crippen LogP contribution >= 0.6 is 11.6 Å². The molecule has 1 aromatic carbocycles. The summed E-state index contributed by atoms with van der Waals surface area (Å²) in [6.45, 7) is 2.82. The van der Waals surface area contributed by atoms with Gasteiger partial charge in [0.05, 0.1) is 0 Å². The normalized spacial score (nSPS) is 10.9. The maximum absolute atomic E-state index is 5.86. The summed E-state index contributed by atoms with van der Waals surface area (Å²) < 4.78 is 0. The molecule has 0 spiro atoms. The van der Waals surface area contributed by atoms with Gasteiger partial charge in [0.2, 0.25) is 0 Å². The Bertz CT molecular complexity index is 469. The van der Waals surface area contributed by atoms with Crippen LogP contribution in [-0.4, -0.2) is 21.8 Å². The van der Waals surface area contributed by atoms with Crippen LogP contribution in [0, 0.1) is 0 Å². The van der Waals surface area contributed by atoms with Crippen LogP contribution in [0.15, 0.2) is 18.2 Å². The van der Waals surface area contributed by atoms with Crippen molar-refractivity contribution in [1.82, 2.24) is 15.2 Å². The summed E-state index contributed by atoms with van der Waals surface area (Å²) in [5.41, 5.74) is 1.60. The Hall–Kier alpha value is -1.29. The van der Waals surface area contributed by atoms with Gasteiger partial charge in [0.1, 0.15) is 17.6 Å². The SMILES string of the molecule is CCCCCOn1nnc2cc(Cl)ccc21. The average molecular weight is 240 g/mol. The van der Waals surface area contributed by atoms with Crippen molar-refractivity contribution in [3.05, 3.63) is 23.2 Å². The minimum Gasteiger partial charge on any atom is -0.395 e. The van der Waals surface area contributed by atoms with Crippen LogP contribution in [0.3, 0.4) is 0 Å². The van der Waals surface area contributed by atoms with E-state index >= 15 is 0 Å². The molecule has 0 fully saturated rings. The van der Waals surface area contributed by atoms with Gasteiger partial charge in [-0.15, -0.1) is 5.10 Å². The van der Waals surface area contributed by atoms with E-state index in [9.17, 15) is 0 Å². The van der Waals surface area contributed by atoms with Gasteiger partial charge in [-0.2, -0.15) is 0 Å². The highest BCUT2D eigenvalue weighted by molar-refractivity contribution is 6.31. The zero-order valence-electron chi connectivity index (χ0n) is 9.19. The van der Waals surface area contributed by atoms with E-state index in [0.717, 1.165) is 17.5 Å². The Morgan fingerprint density at radius 1 is 1.38 bits per heavy atom. The molecule has 0 bridgehead atoms. The molecule has 0 atom stereocenters. The maximum Gasteiger partial charge on any atom is 0.130 e. The number of rotatable bonds is 5. The Labute approximate surface area is 99.1 Å². The molecule has 0 saturated carbocycles. The minimum absolute atomic E-state index is 0.658. The Morgan fingerprint density at radius 2 is 2.25 bits per heavy atom. The van der Waals surface area contributed by atoms with Gasteiger partial charge in [-0.1, -0.05) is 36.2 Å². The highest BCUT2D eigenvalue weighted by Crippen LogP contribution is 2.16. The molecule has 0 aliphatic heterocycles. The smallest absolute Gasteiger partial charge is 0.130 e. The van der Waals surface area contributed by atoms with E-state index in [4.69, 9.17) is 16.4 Å². The lowest BCUT2D eigenvalue weighted by Gasteiger charge is -2.04. The number of unbranched alkanes of at least 4 members (excludes halogenated alkanes) is 2. The fourth-order valence-electron chi connectivity index (χ4n) is 1.47. The predicted octanol–water partition coefficient (Wildman–Crippen LogP) is 2.70. The van der Waals surface area contributed by atoms with Crippen LogP contribution in [0.5, 0.6) is 0 Å². The fraction of sp³-hybridized carbons (Fsp3) is 0.455. The summed E-state index contributed by atoms with van der Waals surface area (Å²) in [6, 6.07) is 5.44. The topological polar surface area (TPSA) is 39.9 Å².